The van der Waals surface area contributed by atoms with Crippen LogP contribution < -0.4 is 10.6 Å². The fourth-order valence-corrected chi connectivity index (χ4v) is 2.48. The lowest BCUT2D eigenvalue weighted by atomic mass is 10.0. The summed E-state index contributed by atoms with van der Waals surface area (Å²) in [5.74, 6) is 0. The molecule has 0 saturated carbocycles. The Hall–Kier alpha value is -0.770. The second-order valence-electron chi connectivity index (χ2n) is 5.83. The maximum Gasteiger partial charge on any atom is 0.316 e. The minimum atomic E-state index is -0.301. The maximum absolute atomic E-state index is 11.0. The lowest BCUT2D eigenvalue weighted by Crippen LogP contribution is -2.36. The number of carbonyl (C=O) groups is 1. The van der Waals surface area contributed by atoms with Gasteiger partial charge in [0.2, 0.25) is 0 Å². The van der Waals surface area contributed by atoms with Gasteiger partial charge in [-0.3, -0.25) is 0 Å². The molecule has 21 heavy (non-hydrogen) atoms. The molecule has 3 N–H and O–H groups in total. The first-order valence-corrected chi connectivity index (χ1v) is 8.93. The van der Waals surface area contributed by atoms with Gasteiger partial charge in [-0.25, -0.2) is 4.79 Å². The Bertz CT molecular complexity index is 223. The van der Waals surface area contributed by atoms with Gasteiger partial charge in [0.15, 0.2) is 0 Å². The first kappa shape index (κ1) is 20.2. The highest BCUT2D eigenvalue weighted by Gasteiger charge is 1.97. The SMILES string of the molecule is CCCCCCCCCCCCCCCNC(=O)NCO. The summed E-state index contributed by atoms with van der Waals surface area (Å²) >= 11 is 0. The Labute approximate surface area is 131 Å². The van der Waals surface area contributed by atoms with E-state index >= 15 is 0 Å². The average Bonchev–Trinajstić information content (AvgIpc) is 2.48. The van der Waals surface area contributed by atoms with Crippen LogP contribution in [0.25, 0.3) is 0 Å². The van der Waals surface area contributed by atoms with Crippen molar-refractivity contribution in [3.05, 3.63) is 0 Å². The molecular weight excluding hydrogens is 264 g/mol. The fraction of sp³-hybridized carbons (Fsp3) is 0.941. The summed E-state index contributed by atoms with van der Waals surface area (Å²) in [5.41, 5.74) is 0. The molecule has 0 aliphatic heterocycles. The number of unbranched alkanes of at least 4 members (excludes halogenated alkanes) is 12. The molecule has 0 aliphatic carbocycles. The topological polar surface area (TPSA) is 61.4 Å². The van der Waals surface area contributed by atoms with E-state index in [0.717, 1.165) is 6.42 Å². The zero-order chi connectivity index (χ0) is 15.6. The lowest BCUT2D eigenvalue weighted by Gasteiger charge is -2.05. The molecule has 0 heterocycles. The number of urea groups is 1. The van der Waals surface area contributed by atoms with Crippen molar-refractivity contribution in [2.75, 3.05) is 13.3 Å². The number of hydrogen-bond donors (Lipinski definition) is 3. The first-order chi connectivity index (χ1) is 10.3. The molecular formula is C17H36N2O2. The van der Waals surface area contributed by atoms with Gasteiger partial charge in [0, 0.05) is 6.54 Å². The van der Waals surface area contributed by atoms with Crippen LogP contribution in [0.3, 0.4) is 0 Å². The summed E-state index contributed by atoms with van der Waals surface area (Å²) in [6.45, 7) is 2.66. The van der Waals surface area contributed by atoms with Crippen molar-refractivity contribution in [3.63, 3.8) is 0 Å². The number of aliphatic hydroxyl groups excluding tert-OH is 1. The van der Waals surface area contributed by atoms with Gasteiger partial charge >= 0.3 is 6.03 Å². The summed E-state index contributed by atoms with van der Waals surface area (Å²) in [7, 11) is 0. The summed E-state index contributed by atoms with van der Waals surface area (Å²) in [5, 5.41) is 13.5. The van der Waals surface area contributed by atoms with E-state index in [1.54, 1.807) is 0 Å². The van der Waals surface area contributed by atoms with Crippen molar-refractivity contribution in [2.45, 2.75) is 90.4 Å². The van der Waals surface area contributed by atoms with E-state index in [1.165, 1.54) is 77.0 Å². The van der Waals surface area contributed by atoms with Crippen molar-refractivity contribution < 1.29 is 9.90 Å². The fourth-order valence-electron chi connectivity index (χ4n) is 2.48. The Morgan fingerprint density at radius 1 is 0.714 bits per heavy atom. The average molecular weight is 300 g/mol. The largest absolute Gasteiger partial charge is 0.376 e. The maximum atomic E-state index is 11.0. The predicted octanol–water partition coefficient (Wildman–Crippen LogP) is 4.33. The Morgan fingerprint density at radius 3 is 1.57 bits per heavy atom. The Balaban J connectivity index is 3.01. The standard InChI is InChI=1S/C17H36N2O2/c1-2-3-4-5-6-7-8-9-10-11-12-13-14-15-18-17(21)19-16-20/h20H,2-16H2,1H3,(H2,18,19,21). The molecule has 0 saturated heterocycles. The summed E-state index contributed by atoms with van der Waals surface area (Å²) in [6.07, 6.45) is 17.3. The lowest BCUT2D eigenvalue weighted by molar-refractivity contribution is 0.217. The van der Waals surface area contributed by atoms with Crippen molar-refractivity contribution >= 4 is 6.03 Å². The molecule has 0 spiro atoms. The zero-order valence-corrected chi connectivity index (χ0v) is 14.0. The van der Waals surface area contributed by atoms with Crippen molar-refractivity contribution in [2.24, 2.45) is 0 Å². The van der Waals surface area contributed by atoms with E-state index < -0.39 is 0 Å². The van der Waals surface area contributed by atoms with Crippen LogP contribution in [0.5, 0.6) is 0 Å². The minimum absolute atomic E-state index is 0.281. The number of amides is 2. The highest BCUT2D eigenvalue weighted by Crippen LogP contribution is 2.12. The Kier molecular flexibility index (Phi) is 16.6. The molecule has 126 valence electrons. The van der Waals surface area contributed by atoms with Crippen LogP contribution in [0.4, 0.5) is 4.79 Å². The van der Waals surface area contributed by atoms with Crippen LogP contribution in [0.2, 0.25) is 0 Å². The summed E-state index contributed by atoms with van der Waals surface area (Å²) in [6, 6.07) is -0.281. The normalized spacial score (nSPS) is 10.6. The Morgan fingerprint density at radius 2 is 1.14 bits per heavy atom. The van der Waals surface area contributed by atoms with Crippen LogP contribution in [-0.4, -0.2) is 24.4 Å². The highest BCUT2D eigenvalue weighted by atomic mass is 16.3. The molecule has 2 amide bonds. The van der Waals surface area contributed by atoms with Crippen molar-refractivity contribution in [1.82, 2.24) is 10.6 Å². The zero-order valence-electron chi connectivity index (χ0n) is 14.0. The van der Waals surface area contributed by atoms with Crippen molar-refractivity contribution in [1.29, 1.82) is 0 Å². The van der Waals surface area contributed by atoms with Gasteiger partial charge in [-0.05, 0) is 6.42 Å². The molecule has 0 aromatic rings. The van der Waals surface area contributed by atoms with Crippen molar-refractivity contribution in [3.8, 4) is 0 Å². The van der Waals surface area contributed by atoms with E-state index in [-0.39, 0.29) is 12.8 Å². The third-order valence-electron chi connectivity index (χ3n) is 3.81. The molecule has 0 aliphatic rings. The summed E-state index contributed by atoms with van der Waals surface area (Å²) < 4.78 is 0. The summed E-state index contributed by atoms with van der Waals surface area (Å²) in [4.78, 5) is 11.0. The number of carbonyl (C=O) groups excluding carboxylic acids is 1. The number of nitrogens with one attached hydrogen (secondary N) is 2. The van der Waals surface area contributed by atoms with Gasteiger partial charge < -0.3 is 15.7 Å². The third kappa shape index (κ3) is 17.2. The monoisotopic (exact) mass is 300 g/mol. The van der Waals surface area contributed by atoms with E-state index in [0.29, 0.717) is 6.54 Å². The van der Waals surface area contributed by atoms with E-state index in [2.05, 4.69) is 17.6 Å². The minimum Gasteiger partial charge on any atom is -0.376 e. The van der Waals surface area contributed by atoms with Crippen LogP contribution in [0.15, 0.2) is 0 Å². The second-order valence-corrected chi connectivity index (χ2v) is 5.83. The molecule has 0 radical (unpaired) electrons. The number of hydrogen-bond acceptors (Lipinski definition) is 2. The molecule has 0 bridgehead atoms. The molecule has 4 nitrogen and oxygen atoms in total. The van der Waals surface area contributed by atoms with Crippen LogP contribution in [-0.2, 0) is 0 Å². The van der Waals surface area contributed by atoms with Crippen LogP contribution in [0.1, 0.15) is 90.4 Å². The molecule has 0 atom stereocenters. The highest BCUT2D eigenvalue weighted by molar-refractivity contribution is 5.73. The van der Waals surface area contributed by atoms with Gasteiger partial charge in [-0.15, -0.1) is 0 Å². The van der Waals surface area contributed by atoms with E-state index in [4.69, 9.17) is 5.11 Å². The van der Waals surface area contributed by atoms with Gasteiger partial charge in [-0.1, -0.05) is 84.0 Å². The molecule has 0 rings (SSSR count). The van der Waals surface area contributed by atoms with Gasteiger partial charge in [0.25, 0.3) is 0 Å². The number of aliphatic hydroxyl groups is 1. The molecule has 0 aromatic carbocycles. The predicted molar refractivity (Wildman–Crippen MR) is 89.3 cm³/mol. The second kappa shape index (κ2) is 17.3. The molecule has 0 fully saturated rings. The number of rotatable bonds is 15. The molecule has 4 heteroatoms. The van der Waals surface area contributed by atoms with E-state index in [1.807, 2.05) is 0 Å². The first-order valence-electron chi connectivity index (χ1n) is 8.93. The quantitative estimate of drug-likeness (QED) is 0.311. The molecule has 0 aromatic heterocycles. The van der Waals surface area contributed by atoms with E-state index in [9.17, 15) is 4.79 Å². The van der Waals surface area contributed by atoms with Gasteiger partial charge in [0.1, 0.15) is 6.73 Å². The smallest absolute Gasteiger partial charge is 0.316 e. The molecule has 0 unspecified atom stereocenters. The van der Waals surface area contributed by atoms with Crippen LogP contribution >= 0.6 is 0 Å². The van der Waals surface area contributed by atoms with Gasteiger partial charge in [-0.2, -0.15) is 0 Å². The third-order valence-corrected chi connectivity index (χ3v) is 3.81. The van der Waals surface area contributed by atoms with Gasteiger partial charge in [0.05, 0.1) is 0 Å². The van der Waals surface area contributed by atoms with Crippen LogP contribution in [0, 0.1) is 0 Å².